The molecule has 0 saturated heterocycles. The van der Waals surface area contributed by atoms with Crippen molar-refractivity contribution in [2.24, 2.45) is 0 Å². The van der Waals surface area contributed by atoms with E-state index in [4.69, 9.17) is 13.9 Å². The zero-order valence-corrected chi connectivity index (χ0v) is 15.2. The Hall–Kier alpha value is -3.03. The summed E-state index contributed by atoms with van der Waals surface area (Å²) in [5, 5.41) is 5.29. The quantitative estimate of drug-likeness (QED) is 0.765. The van der Waals surface area contributed by atoms with Gasteiger partial charge in [-0.15, -0.1) is 0 Å². The number of carbonyl (C=O) groups excluding carboxylic acids is 3. The summed E-state index contributed by atoms with van der Waals surface area (Å²) in [5.74, 6) is -0.840. The Kier molecular flexibility index (Phi) is 6.21. The van der Waals surface area contributed by atoms with Gasteiger partial charge in [0, 0.05) is 17.0 Å². The molecule has 0 bridgehead atoms. The van der Waals surface area contributed by atoms with Crippen molar-refractivity contribution in [3.63, 3.8) is 0 Å². The molecule has 3 amide bonds. The number of hydrogen-bond acceptors (Lipinski definition) is 6. The van der Waals surface area contributed by atoms with Gasteiger partial charge in [-0.25, -0.2) is 9.59 Å². The van der Waals surface area contributed by atoms with E-state index in [1.54, 1.807) is 39.0 Å². The highest BCUT2D eigenvalue weighted by atomic mass is 16.5. The van der Waals surface area contributed by atoms with Crippen LogP contribution in [0.3, 0.4) is 0 Å². The maximum Gasteiger partial charge on any atom is 0.375 e. The minimum absolute atomic E-state index is 0.00748. The lowest BCUT2D eigenvalue weighted by molar-refractivity contribution is -0.123. The van der Waals surface area contributed by atoms with Gasteiger partial charge < -0.3 is 19.2 Å². The number of hydrogen-bond donors (Lipinski definition) is 2. The van der Waals surface area contributed by atoms with Crippen LogP contribution in [0.25, 0.3) is 11.0 Å². The molecule has 0 saturated carbocycles. The third-order valence-corrected chi connectivity index (χ3v) is 3.41. The van der Waals surface area contributed by atoms with Gasteiger partial charge in [0.1, 0.15) is 11.3 Å². The maximum atomic E-state index is 12.2. The number of aryl methyl sites for hydroxylation is 1. The number of nitrogens with one attached hydrogen (secondary N) is 2. The van der Waals surface area contributed by atoms with Gasteiger partial charge in [-0.3, -0.25) is 10.1 Å². The van der Waals surface area contributed by atoms with Crippen LogP contribution in [0.1, 0.15) is 36.9 Å². The second-order valence-corrected chi connectivity index (χ2v) is 5.90. The van der Waals surface area contributed by atoms with E-state index < -0.39 is 24.5 Å². The monoisotopic (exact) mass is 362 g/mol. The fraction of sp³-hybridized carbons (Fsp3) is 0.389. The molecule has 1 aromatic carbocycles. The van der Waals surface area contributed by atoms with E-state index in [0.29, 0.717) is 23.5 Å². The minimum Gasteiger partial charge on any atom is -0.494 e. The Balaban J connectivity index is 2.02. The first-order chi connectivity index (χ1) is 12.3. The normalized spacial score (nSPS) is 10.7. The first-order valence-electron chi connectivity index (χ1n) is 8.25. The molecular formula is C18H22N2O6. The van der Waals surface area contributed by atoms with Crippen LogP contribution in [0.5, 0.6) is 5.75 Å². The van der Waals surface area contributed by atoms with E-state index in [1.807, 2.05) is 6.92 Å². The molecule has 0 radical (unpaired) electrons. The topological polar surface area (TPSA) is 107 Å². The Labute approximate surface area is 150 Å². The Morgan fingerprint density at radius 2 is 1.96 bits per heavy atom. The fourth-order valence-corrected chi connectivity index (χ4v) is 2.31. The highest BCUT2D eigenvalue weighted by Gasteiger charge is 2.21. The van der Waals surface area contributed by atoms with Crippen molar-refractivity contribution in [1.82, 2.24) is 10.6 Å². The fourth-order valence-electron chi connectivity index (χ4n) is 2.31. The second-order valence-electron chi connectivity index (χ2n) is 5.90. The van der Waals surface area contributed by atoms with E-state index in [0.717, 1.165) is 5.39 Å². The summed E-state index contributed by atoms with van der Waals surface area (Å²) in [6.45, 7) is 7.04. The van der Waals surface area contributed by atoms with Crippen molar-refractivity contribution in [1.29, 1.82) is 0 Å². The molecule has 26 heavy (non-hydrogen) atoms. The minimum atomic E-state index is -0.781. The van der Waals surface area contributed by atoms with Crippen LogP contribution in [0.2, 0.25) is 0 Å². The van der Waals surface area contributed by atoms with Gasteiger partial charge in [0.05, 0.1) is 6.61 Å². The van der Waals surface area contributed by atoms with Crippen molar-refractivity contribution in [2.45, 2.75) is 33.7 Å². The van der Waals surface area contributed by atoms with E-state index in [1.165, 1.54) is 0 Å². The van der Waals surface area contributed by atoms with Crippen LogP contribution in [-0.2, 0) is 9.53 Å². The summed E-state index contributed by atoms with van der Waals surface area (Å²) in [6, 6.07) is 4.45. The van der Waals surface area contributed by atoms with E-state index in [-0.39, 0.29) is 11.8 Å². The molecule has 1 heterocycles. The predicted octanol–water partition coefficient (Wildman–Crippen LogP) is 2.53. The van der Waals surface area contributed by atoms with E-state index in [2.05, 4.69) is 10.6 Å². The zero-order valence-electron chi connectivity index (χ0n) is 15.2. The Morgan fingerprint density at radius 3 is 2.62 bits per heavy atom. The van der Waals surface area contributed by atoms with Crippen LogP contribution in [0.4, 0.5) is 4.79 Å². The molecule has 0 unspecified atom stereocenters. The summed E-state index contributed by atoms with van der Waals surface area (Å²) in [6.07, 6.45) is 0. The first kappa shape index (κ1) is 19.3. The predicted molar refractivity (Wildman–Crippen MR) is 94.2 cm³/mol. The highest BCUT2D eigenvalue weighted by Crippen LogP contribution is 2.29. The molecule has 140 valence electrons. The third-order valence-electron chi connectivity index (χ3n) is 3.41. The largest absolute Gasteiger partial charge is 0.494 e. The number of urea groups is 1. The van der Waals surface area contributed by atoms with Gasteiger partial charge in [0.15, 0.2) is 6.61 Å². The SMILES string of the molecule is CCOc1ccc2oc(C(=O)OCC(=O)NC(=O)NC(C)C)c(C)c2c1. The van der Waals surface area contributed by atoms with Crippen molar-refractivity contribution in [3.8, 4) is 5.75 Å². The maximum absolute atomic E-state index is 12.2. The molecular weight excluding hydrogens is 340 g/mol. The summed E-state index contributed by atoms with van der Waals surface area (Å²) in [4.78, 5) is 35.3. The van der Waals surface area contributed by atoms with Gasteiger partial charge in [0.25, 0.3) is 5.91 Å². The number of amides is 3. The summed E-state index contributed by atoms with van der Waals surface area (Å²) in [5.41, 5.74) is 1.10. The molecule has 2 aromatic rings. The standard InChI is InChI=1S/C18H22N2O6/c1-5-24-12-6-7-14-13(8-12)11(4)16(26-14)17(22)25-9-15(21)20-18(23)19-10(2)3/h6-8,10H,5,9H2,1-4H3,(H2,19,20,21,23). The molecule has 2 rings (SSSR count). The van der Waals surface area contributed by atoms with Crippen LogP contribution < -0.4 is 15.4 Å². The van der Waals surface area contributed by atoms with Gasteiger partial charge in [0.2, 0.25) is 5.76 Å². The highest BCUT2D eigenvalue weighted by molar-refractivity contribution is 5.99. The summed E-state index contributed by atoms with van der Waals surface area (Å²) in [7, 11) is 0. The number of furan rings is 1. The first-order valence-corrected chi connectivity index (χ1v) is 8.25. The van der Waals surface area contributed by atoms with Gasteiger partial charge in [-0.1, -0.05) is 0 Å². The lowest BCUT2D eigenvalue weighted by atomic mass is 10.1. The molecule has 0 aliphatic rings. The molecule has 0 fully saturated rings. The number of benzene rings is 1. The zero-order chi connectivity index (χ0) is 19.3. The number of rotatable bonds is 6. The van der Waals surface area contributed by atoms with Crippen molar-refractivity contribution >= 4 is 28.9 Å². The molecule has 1 aromatic heterocycles. The smallest absolute Gasteiger partial charge is 0.375 e. The van der Waals surface area contributed by atoms with Crippen LogP contribution >= 0.6 is 0 Å². The third kappa shape index (κ3) is 4.75. The molecule has 8 nitrogen and oxygen atoms in total. The second kappa shape index (κ2) is 8.37. The van der Waals surface area contributed by atoms with E-state index in [9.17, 15) is 14.4 Å². The number of fused-ring (bicyclic) bond motifs is 1. The average Bonchev–Trinajstić information content (AvgIpc) is 2.89. The average molecular weight is 362 g/mol. The van der Waals surface area contributed by atoms with Crippen molar-refractivity contribution < 1.29 is 28.3 Å². The van der Waals surface area contributed by atoms with Crippen LogP contribution in [0, 0.1) is 6.92 Å². The molecule has 0 aliphatic carbocycles. The molecule has 0 spiro atoms. The van der Waals surface area contributed by atoms with Crippen LogP contribution in [-0.4, -0.2) is 37.2 Å². The lowest BCUT2D eigenvalue weighted by Crippen LogP contribution is -2.44. The Bertz CT molecular complexity index is 824. The summed E-state index contributed by atoms with van der Waals surface area (Å²) < 4.78 is 15.9. The Morgan fingerprint density at radius 1 is 1.23 bits per heavy atom. The lowest BCUT2D eigenvalue weighted by Gasteiger charge is -2.09. The van der Waals surface area contributed by atoms with E-state index >= 15 is 0 Å². The van der Waals surface area contributed by atoms with Crippen molar-refractivity contribution in [2.75, 3.05) is 13.2 Å². The molecule has 0 aliphatic heterocycles. The number of imide groups is 1. The molecule has 8 heteroatoms. The van der Waals surface area contributed by atoms with Gasteiger partial charge in [-0.2, -0.15) is 0 Å². The summed E-state index contributed by atoms with van der Waals surface area (Å²) >= 11 is 0. The molecule has 0 atom stereocenters. The van der Waals surface area contributed by atoms with Gasteiger partial charge >= 0.3 is 12.0 Å². The number of esters is 1. The molecule has 2 N–H and O–H groups in total. The number of carbonyl (C=O) groups is 3. The van der Waals surface area contributed by atoms with Crippen LogP contribution in [0.15, 0.2) is 22.6 Å². The number of ether oxygens (including phenoxy) is 2. The van der Waals surface area contributed by atoms with Gasteiger partial charge in [-0.05, 0) is 45.9 Å². The van der Waals surface area contributed by atoms with Crippen molar-refractivity contribution in [3.05, 3.63) is 29.5 Å².